The monoisotopic (exact) mass is 540 g/mol. The summed E-state index contributed by atoms with van der Waals surface area (Å²) in [6, 6.07) is 11.8. The van der Waals surface area contributed by atoms with E-state index >= 15 is 0 Å². The smallest absolute Gasteiger partial charge is 0.355 e. The number of amides is 2. The van der Waals surface area contributed by atoms with Gasteiger partial charge in [0, 0.05) is 37.5 Å². The lowest BCUT2D eigenvalue weighted by Crippen LogP contribution is -2.25. The van der Waals surface area contributed by atoms with Crippen molar-refractivity contribution in [3.63, 3.8) is 0 Å². The maximum absolute atomic E-state index is 12.8. The maximum Gasteiger partial charge on any atom is 0.355 e. The first-order chi connectivity index (χ1) is 17.7. The minimum atomic E-state index is -0.701. The van der Waals surface area contributed by atoms with E-state index in [1.165, 1.54) is 13.1 Å². The van der Waals surface area contributed by atoms with E-state index in [4.69, 9.17) is 28.9 Å². The third-order valence-corrected chi connectivity index (χ3v) is 5.81. The Labute approximate surface area is 221 Å². The highest BCUT2D eigenvalue weighted by Crippen LogP contribution is 2.30. The number of carbonyl (C=O) groups is 2. The second-order valence-electron chi connectivity index (χ2n) is 7.96. The molecule has 190 valence electrons. The largest absolute Gasteiger partial charge is 0.384 e. The van der Waals surface area contributed by atoms with Crippen molar-refractivity contribution < 1.29 is 9.59 Å². The Kier molecular flexibility index (Phi) is 7.85. The van der Waals surface area contributed by atoms with Crippen LogP contribution >= 0.6 is 23.2 Å². The van der Waals surface area contributed by atoms with Gasteiger partial charge in [0.05, 0.1) is 21.1 Å². The number of nitrogens with two attached hydrogens (primary N) is 1. The molecule has 0 atom stereocenters. The Morgan fingerprint density at radius 3 is 2.49 bits per heavy atom. The van der Waals surface area contributed by atoms with Gasteiger partial charge in [-0.2, -0.15) is 9.97 Å². The Morgan fingerprint density at radius 2 is 1.76 bits per heavy atom. The number of anilines is 4. The summed E-state index contributed by atoms with van der Waals surface area (Å²) in [5, 5.41) is 9.29. The highest BCUT2D eigenvalue weighted by Gasteiger charge is 2.17. The topological polar surface area (TPSA) is 157 Å². The zero-order valence-electron chi connectivity index (χ0n) is 19.6. The van der Waals surface area contributed by atoms with Crippen LogP contribution in [0.3, 0.4) is 0 Å². The van der Waals surface area contributed by atoms with Crippen molar-refractivity contribution in [2.45, 2.75) is 19.8 Å². The van der Waals surface area contributed by atoms with Crippen LogP contribution in [-0.2, 0) is 9.59 Å². The van der Waals surface area contributed by atoms with E-state index in [-0.39, 0.29) is 51.4 Å². The van der Waals surface area contributed by atoms with Crippen LogP contribution in [0.4, 0.5) is 23.1 Å². The van der Waals surface area contributed by atoms with Gasteiger partial charge in [0.2, 0.25) is 17.8 Å². The molecule has 2 amide bonds. The molecule has 0 aliphatic rings. The summed E-state index contributed by atoms with van der Waals surface area (Å²) in [7, 11) is 0. The molecule has 0 saturated heterocycles. The van der Waals surface area contributed by atoms with Crippen LogP contribution in [0.15, 0.2) is 53.5 Å². The molecule has 13 heteroatoms. The van der Waals surface area contributed by atoms with Crippen molar-refractivity contribution in [2.75, 3.05) is 22.9 Å². The minimum Gasteiger partial charge on any atom is -0.384 e. The number of halogens is 2. The van der Waals surface area contributed by atoms with Gasteiger partial charge in [0.15, 0.2) is 5.65 Å². The average Bonchev–Trinajstić information content (AvgIpc) is 2.83. The van der Waals surface area contributed by atoms with E-state index in [2.05, 4.69) is 30.9 Å². The van der Waals surface area contributed by atoms with Crippen LogP contribution in [0.2, 0.25) is 10.0 Å². The van der Waals surface area contributed by atoms with E-state index in [1.807, 2.05) is 0 Å². The number of carbonyl (C=O) groups excluding carboxylic acids is 2. The molecule has 2 aromatic heterocycles. The Balaban J connectivity index is 1.53. The molecular formula is C24H22Cl2N8O3. The summed E-state index contributed by atoms with van der Waals surface area (Å²) in [4.78, 5) is 48.5. The molecule has 0 unspecified atom stereocenters. The normalized spacial score (nSPS) is 10.8. The number of nitrogens with one attached hydrogen (secondary N) is 3. The Hall–Kier alpha value is -4.22. The predicted octanol–water partition coefficient (Wildman–Crippen LogP) is 3.66. The van der Waals surface area contributed by atoms with E-state index in [9.17, 15) is 14.4 Å². The van der Waals surface area contributed by atoms with Crippen molar-refractivity contribution in [1.82, 2.24) is 24.8 Å². The molecule has 0 radical (unpaired) electrons. The molecule has 5 N–H and O–H groups in total. The van der Waals surface area contributed by atoms with Crippen LogP contribution in [0, 0.1) is 0 Å². The maximum atomic E-state index is 12.8. The molecule has 2 heterocycles. The summed E-state index contributed by atoms with van der Waals surface area (Å²) in [6.07, 6.45) is 2.22. The van der Waals surface area contributed by atoms with E-state index in [0.717, 1.165) is 4.57 Å². The molecular weight excluding hydrogens is 519 g/mol. The van der Waals surface area contributed by atoms with Crippen molar-refractivity contribution in [1.29, 1.82) is 0 Å². The Morgan fingerprint density at radius 1 is 1.05 bits per heavy atom. The fourth-order valence-corrected chi connectivity index (χ4v) is 4.09. The van der Waals surface area contributed by atoms with Crippen molar-refractivity contribution >= 4 is 69.2 Å². The quantitative estimate of drug-likeness (QED) is 0.246. The third-order valence-electron chi connectivity index (χ3n) is 5.20. The van der Waals surface area contributed by atoms with E-state index in [1.54, 1.807) is 42.5 Å². The van der Waals surface area contributed by atoms with E-state index < -0.39 is 5.69 Å². The fourth-order valence-electron chi connectivity index (χ4n) is 3.52. The minimum absolute atomic E-state index is 0.0414. The molecule has 0 fully saturated rings. The molecule has 0 aliphatic carbocycles. The second kappa shape index (κ2) is 11.2. The SMILES string of the molecule is CC(=O)NCCCC(=O)Nc1cccc(Nc2ncc3c(N)n(-c4c(Cl)cccc4Cl)c(=O)nc3n2)c1. The van der Waals surface area contributed by atoms with Crippen molar-refractivity contribution in [3.8, 4) is 5.69 Å². The molecule has 11 nitrogen and oxygen atoms in total. The number of nitrogens with zero attached hydrogens (tertiary/aromatic N) is 4. The van der Waals surface area contributed by atoms with Crippen LogP contribution in [0.25, 0.3) is 16.7 Å². The highest BCUT2D eigenvalue weighted by atomic mass is 35.5. The summed E-state index contributed by atoms with van der Waals surface area (Å²) in [5.41, 5.74) is 7.03. The van der Waals surface area contributed by atoms with Crippen LogP contribution in [0.5, 0.6) is 0 Å². The van der Waals surface area contributed by atoms with Gasteiger partial charge in [0.1, 0.15) is 5.82 Å². The van der Waals surface area contributed by atoms with E-state index in [0.29, 0.717) is 29.7 Å². The molecule has 37 heavy (non-hydrogen) atoms. The molecule has 4 aromatic rings. The Bertz CT molecular complexity index is 1540. The number of hydrogen-bond donors (Lipinski definition) is 4. The van der Waals surface area contributed by atoms with Crippen molar-refractivity contribution in [3.05, 3.63) is 69.2 Å². The first-order valence-corrected chi connectivity index (χ1v) is 11.9. The molecule has 0 spiro atoms. The van der Waals surface area contributed by atoms with Crippen LogP contribution in [0.1, 0.15) is 19.8 Å². The first kappa shape index (κ1) is 25.9. The lowest BCUT2D eigenvalue weighted by atomic mass is 10.2. The first-order valence-electron chi connectivity index (χ1n) is 11.1. The second-order valence-corrected chi connectivity index (χ2v) is 8.77. The standard InChI is InChI=1S/C24H22Cl2N8O3/c1-13(35)28-10-4-9-19(36)30-14-5-2-6-15(11-14)31-23-29-12-16-21(27)34(24(37)33-22(16)32-23)20-17(25)7-3-8-18(20)26/h2-3,5-8,11-12H,4,9-10,27H2,1H3,(H,28,35)(H,30,36)(H,31,32,33,37). The molecule has 0 aliphatic heterocycles. The van der Waals surface area contributed by atoms with Gasteiger partial charge < -0.3 is 21.7 Å². The molecule has 4 rings (SSSR count). The van der Waals surface area contributed by atoms with Crippen LogP contribution < -0.4 is 27.4 Å². The molecule has 0 bridgehead atoms. The fraction of sp³-hybridized carbons (Fsp3) is 0.167. The number of nitrogen functional groups attached to an aromatic ring is 1. The lowest BCUT2D eigenvalue weighted by Gasteiger charge is -2.14. The number of rotatable bonds is 8. The van der Waals surface area contributed by atoms with Gasteiger partial charge in [0.25, 0.3) is 0 Å². The zero-order valence-corrected chi connectivity index (χ0v) is 21.1. The van der Waals surface area contributed by atoms with Gasteiger partial charge in [-0.25, -0.2) is 14.3 Å². The predicted molar refractivity (Wildman–Crippen MR) is 144 cm³/mol. The van der Waals surface area contributed by atoms with Gasteiger partial charge in [-0.1, -0.05) is 35.3 Å². The molecule has 0 saturated carbocycles. The number of aromatic nitrogens is 4. The summed E-state index contributed by atoms with van der Waals surface area (Å²) < 4.78 is 1.12. The lowest BCUT2D eigenvalue weighted by molar-refractivity contribution is -0.119. The zero-order chi connectivity index (χ0) is 26.5. The van der Waals surface area contributed by atoms with Gasteiger partial charge in [-0.3, -0.25) is 9.59 Å². The number of benzene rings is 2. The highest BCUT2D eigenvalue weighted by molar-refractivity contribution is 6.37. The summed E-state index contributed by atoms with van der Waals surface area (Å²) >= 11 is 12.5. The summed E-state index contributed by atoms with van der Waals surface area (Å²) in [5.74, 6) is -0.103. The average molecular weight is 541 g/mol. The molecule has 2 aromatic carbocycles. The van der Waals surface area contributed by atoms with Crippen molar-refractivity contribution in [2.24, 2.45) is 0 Å². The van der Waals surface area contributed by atoms with Gasteiger partial charge in [-0.15, -0.1) is 0 Å². The summed E-state index contributed by atoms with van der Waals surface area (Å²) in [6.45, 7) is 1.86. The number of para-hydroxylation sites is 1. The number of hydrogen-bond acceptors (Lipinski definition) is 8. The third kappa shape index (κ3) is 6.13. The van der Waals surface area contributed by atoms with Crippen LogP contribution in [-0.4, -0.2) is 37.9 Å². The van der Waals surface area contributed by atoms with Gasteiger partial charge >= 0.3 is 5.69 Å². The van der Waals surface area contributed by atoms with Gasteiger partial charge in [-0.05, 0) is 36.8 Å². The number of fused-ring (bicyclic) bond motifs is 1.